The molecule has 4 N–H and O–H groups in total. The van der Waals surface area contributed by atoms with Crippen molar-refractivity contribution >= 4 is 28.5 Å². The molecule has 0 saturated heterocycles. The van der Waals surface area contributed by atoms with Crippen molar-refractivity contribution in [3.63, 3.8) is 0 Å². The number of nitrogens with one attached hydrogen (secondary N) is 2. The number of non-ortho nitro benzene ring substituents is 1. The van der Waals surface area contributed by atoms with Gasteiger partial charge in [-0.15, -0.1) is 0 Å². The fourth-order valence-corrected chi connectivity index (χ4v) is 3.25. The van der Waals surface area contributed by atoms with Crippen LogP contribution in [0.3, 0.4) is 0 Å². The number of carbonyl (C=O) groups excluding carboxylic acids is 2. The third kappa shape index (κ3) is 4.43. The molecule has 2 aromatic heterocycles. The average molecular weight is 430 g/mol. The van der Waals surface area contributed by atoms with E-state index in [1.54, 1.807) is 30.6 Å². The number of primary amides is 1. The molecule has 2 aromatic carbocycles. The molecular weight excluding hydrogens is 412 g/mol. The van der Waals surface area contributed by atoms with Crippen LogP contribution in [-0.4, -0.2) is 37.7 Å². The first-order valence-corrected chi connectivity index (χ1v) is 9.64. The fraction of sp³-hybridized carbons (Fsp3) is 0.0909. The fourth-order valence-electron chi connectivity index (χ4n) is 3.25. The number of benzene rings is 2. The first kappa shape index (κ1) is 20.7. The summed E-state index contributed by atoms with van der Waals surface area (Å²) in [5.41, 5.74) is 8.57. The first-order chi connectivity index (χ1) is 15.4. The molecule has 2 amide bonds. The molecule has 4 rings (SSSR count). The number of carbonyl (C=O) groups is 2. The van der Waals surface area contributed by atoms with Gasteiger partial charge in [0.25, 0.3) is 11.6 Å². The zero-order chi connectivity index (χ0) is 22.7. The van der Waals surface area contributed by atoms with Gasteiger partial charge in [-0.2, -0.15) is 0 Å². The minimum absolute atomic E-state index is 0.0626. The van der Waals surface area contributed by atoms with Crippen molar-refractivity contribution in [1.29, 1.82) is 0 Å². The van der Waals surface area contributed by atoms with Gasteiger partial charge in [0.15, 0.2) is 0 Å². The summed E-state index contributed by atoms with van der Waals surface area (Å²) in [5.74, 6) is -0.537. The van der Waals surface area contributed by atoms with Crippen molar-refractivity contribution in [2.24, 2.45) is 5.73 Å². The molecule has 0 bridgehead atoms. The molecule has 4 aromatic rings. The molecule has 0 aliphatic rings. The molecule has 0 fully saturated rings. The largest absolute Gasteiger partial charge is 0.368 e. The van der Waals surface area contributed by atoms with Crippen LogP contribution >= 0.6 is 0 Å². The first-order valence-electron chi connectivity index (χ1n) is 9.64. The zero-order valence-corrected chi connectivity index (χ0v) is 16.7. The van der Waals surface area contributed by atoms with Gasteiger partial charge in [-0.1, -0.05) is 12.1 Å². The van der Waals surface area contributed by atoms with Gasteiger partial charge in [-0.3, -0.25) is 24.7 Å². The Hall–Kier alpha value is -4.60. The Morgan fingerprint density at radius 3 is 2.47 bits per heavy atom. The maximum Gasteiger partial charge on any atom is 0.269 e. The van der Waals surface area contributed by atoms with Crippen molar-refractivity contribution in [3.05, 3.63) is 88.2 Å². The molecule has 1 unspecified atom stereocenters. The lowest BCUT2D eigenvalue weighted by Gasteiger charge is -2.15. The number of aromatic nitrogens is 3. The minimum Gasteiger partial charge on any atom is -0.368 e. The third-order valence-corrected chi connectivity index (χ3v) is 4.93. The van der Waals surface area contributed by atoms with E-state index in [0.717, 1.165) is 5.56 Å². The number of H-pyrrole nitrogens is 1. The lowest BCUT2D eigenvalue weighted by atomic mass is 10.0. The number of nitro groups is 1. The van der Waals surface area contributed by atoms with Crippen molar-refractivity contribution < 1.29 is 14.5 Å². The van der Waals surface area contributed by atoms with Crippen molar-refractivity contribution in [2.45, 2.75) is 12.5 Å². The summed E-state index contributed by atoms with van der Waals surface area (Å²) in [6, 6.07) is 13.3. The highest BCUT2D eigenvalue weighted by Gasteiger charge is 2.20. The van der Waals surface area contributed by atoms with E-state index in [1.807, 2.05) is 12.1 Å². The molecule has 2 heterocycles. The van der Waals surface area contributed by atoms with Crippen molar-refractivity contribution in [2.75, 3.05) is 0 Å². The molecule has 10 heteroatoms. The van der Waals surface area contributed by atoms with Gasteiger partial charge in [0.1, 0.15) is 11.9 Å². The highest BCUT2D eigenvalue weighted by atomic mass is 16.6. The van der Waals surface area contributed by atoms with E-state index in [9.17, 15) is 19.7 Å². The van der Waals surface area contributed by atoms with Crippen LogP contribution in [0.2, 0.25) is 0 Å². The predicted octanol–water partition coefficient (Wildman–Crippen LogP) is 2.36. The molecule has 0 radical (unpaired) electrons. The number of aromatic amines is 1. The van der Waals surface area contributed by atoms with E-state index < -0.39 is 22.8 Å². The number of pyridine rings is 1. The maximum atomic E-state index is 12.8. The summed E-state index contributed by atoms with van der Waals surface area (Å²) in [6.45, 7) is 0. The summed E-state index contributed by atoms with van der Waals surface area (Å²) in [4.78, 5) is 46.6. The molecule has 32 heavy (non-hydrogen) atoms. The van der Waals surface area contributed by atoms with Crippen LogP contribution < -0.4 is 11.1 Å². The van der Waals surface area contributed by atoms with E-state index >= 15 is 0 Å². The van der Waals surface area contributed by atoms with Crippen LogP contribution in [0.15, 0.2) is 67.0 Å². The van der Waals surface area contributed by atoms with Gasteiger partial charge in [0.05, 0.1) is 16.0 Å². The molecule has 0 aliphatic heterocycles. The van der Waals surface area contributed by atoms with Gasteiger partial charge < -0.3 is 16.0 Å². The minimum atomic E-state index is -0.978. The Labute approximate surface area is 181 Å². The lowest BCUT2D eigenvalue weighted by Crippen LogP contribution is -2.45. The molecule has 0 spiro atoms. The normalized spacial score (nSPS) is 11.8. The topological polar surface area (TPSA) is 157 Å². The van der Waals surface area contributed by atoms with Crippen LogP contribution in [0.4, 0.5) is 5.69 Å². The quantitative estimate of drug-likeness (QED) is 0.302. The summed E-state index contributed by atoms with van der Waals surface area (Å²) in [5, 5.41) is 13.4. The molecule has 0 aliphatic carbocycles. The van der Waals surface area contributed by atoms with Crippen LogP contribution in [0.5, 0.6) is 0 Å². The van der Waals surface area contributed by atoms with E-state index in [-0.39, 0.29) is 12.1 Å². The number of nitrogens with two attached hydrogens (primary N) is 1. The molecule has 10 nitrogen and oxygen atoms in total. The number of fused-ring (bicyclic) bond motifs is 1. The van der Waals surface area contributed by atoms with Gasteiger partial charge in [-0.05, 0) is 35.9 Å². The van der Waals surface area contributed by atoms with Crippen LogP contribution in [0, 0.1) is 10.1 Å². The second kappa shape index (κ2) is 8.64. The van der Waals surface area contributed by atoms with E-state index in [2.05, 4.69) is 20.3 Å². The summed E-state index contributed by atoms with van der Waals surface area (Å²) in [7, 11) is 0. The second-order valence-corrected chi connectivity index (χ2v) is 7.11. The van der Waals surface area contributed by atoms with Crippen LogP contribution in [-0.2, 0) is 11.2 Å². The summed E-state index contributed by atoms with van der Waals surface area (Å²) >= 11 is 0. The SMILES string of the molecule is NC(=O)C(Cc1ccc([N+](=O)[O-])cc1)NC(=O)c1ccc2nc(-c3ccncc3)[nH]c2c1. The zero-order valence-electron chi connectivity index (χ0n) is 16.7. The molecule has 1 atom stereocenters. The number of nitrogens with zero attached hydrogens (tertiary/aromatic N) is 3. The van der Waals surface area contributed by atoms with E-state index in [4.69, 9.17) is 5.73 Å². The van der Waals surface area contributed by atoms with Gasteiger partial charge >= 0.3 is 0 Å². The predicted molar refractivity (Wildman–Crippen MR) is 117 cm³/mol. The Balaban J connectivity index is 1.51. The number of nitro benzene ring substituents is 1. The van der Waals surface area contributed by atoms with E-state index in [1.165, 1.54) is 24.3 Å². The van der Waals surface area contributed by atoms with Crippen molar-refractivity contribution in [3.8, 4) is 11.4 Å². The number of hydrogen-bond donors (Lipinski definition) is 3. The van der Waals surface area contributed by atoms with Crippen molar-refractivity contribution in [1.82, 2.24) is 20.3 Å². The number of rotatable bonds is 7. The number of imidazole rings is 1. The lowest BCUT2D eigenvalue weighted by molar-refractivity contribution is -0.384. The van der Waals surface area contributed by atoms with Gasteiger partial charge in [0, 0.05) is 42.1 Å². The van der Waals surface area contributed by atoms with Gasteiger partial charge in [0.2, 0.25) is 5.91 Å². The smallest absolute Gasteiger partial charge is 0.269 e. The van der Waals surface area contributed by atoms with Gasteiger partial charge in [-0.25, -0.2) is 4.98 Å². The molecular formula is C22H18N6O4. The highest BCUT2D eigenvalue weighted by Crippen LogP contribution is 2.21. The monoisotopic (exact) mass is 430 g/mol. The highest BCUT2D eigenvalue weighted by molar-refractivity contribution is 6.00. The number of amides is 2. The third-order valence-electron chi connectivity index (χ3n) is 4.93. The Morgan fingerprint density at radius 1 is 1.09 bits per heavy atom. The Morgan fingerprint density at radius 2 is 1.81 bits per heavy atom. The molecule has 0 saturated carbocycles. The Bertz CT molecular complexity index is 1300. The van der Waals surface area contributed by atoms with E-state index in [0.29, 0.717) is 28.0 Å². The number of hydrogen-bond acceptors (Lipinski definition) is 6. The summed E-state index contributed by atoms with van der Waals surface area (Å²) in [6.07, 6.45) is 3.43. The summed E-state index contributed by atoms with van der Waals surface area (Å²) < 4.78 is 0. The second-order valence-electron chi connectivity index (χ2n) is 7.11. The standard InChI is InChI=1S/C22H18N6O4/c23-20(29)19(11-13-1-4-16(5-2-13)28(31)32)27-22(30)15-3-6-17-18(12-15)26-21(25-17)14-7-9-24-10-8-14/h1-10,12,19H,11H2,(H2,23,29)(H,25,26)(H,27,30). The Kier molecular flexibility index (Phi) is 5.58. The average Bonchev–Trinajstić information content (AvgIpc) is 3.23. The van der Waals surface area contributed by atoms with Crippen LogP contribution in [0.25, 0.3) is 22.4 Å². The molecule has 160 valence electrons. The maximum absolute atomic E-state index is 12.8. The van der Waals surface area contributed by atoms with Crippen LogP contribution in [0.1, 0.15) is 15.9 Å².